The monoisotopic (exact) mass is 336 g/mol. The number of hydrogen-bond donors (Lipinski definition) is 2. The lowest BCUT2D eigenvalue weighted by Crippen LogP contribution is -2.28. The molecule has 1 aromatic carbocycles. The molecule has 0 aliphatic rings. The molecule has 1 aromatic heterocycles. The molecule has 2 N–H and O–H groups in total. The lowest BCUT2D eigenvalue weighted by molar-refractivity contribution is 0.0794. The topological polar surface area (TPSA) is 71.5 Å². The maximum absolute atomic E-state index is 12.1. The van der Waals surface area contributed by atoms with Crippen molar-refractivity contribution in [3.8, 4) is 5.88 Å². The molecule has 0 saturated carbocycles. The molecule has 5 nitrogen and oxygen atoms in total. The van der Waals surface area contributed by atoms with Crippen molar-refractivity contribution < 1.29 is 23.4 Å². The summed E-state index contributed by atoms with van der Waals surface area (Å²) in [6, 6.07) is 10.0. The summed E-state index contributed by atoms with van der Waals surface area (Å²) in [6.45, 7) is 1.15. The van der Waals surface area contributed by atoms with Gasteiger partial charge in [-0.25, -0.2) is 13.8 Å². The zero-order valence-corrected chi connectivity index (χ0v) is 13.1. The van der Waals surface area contributed by atoms with E-state index in [1.165, 1.54) is 18.3 Å². The van der Waals surface area contributed by atoms with Gasteiger partial charge in [0.15, 0.2) is 6.61 Å². The van der Waals surface area contributed by atoms with Gasteiger partial charge in [0.05, 0.1) is 6.10 Å². The third-order valence-corrected chi connectivity index (χ3v) is 3.24. The van der Waals surface area contributed by atoms with Crippen LogP contribution < -0.4 is 10.1 Å². The first-order chi connectivity index (χ1) is 11.5. The smallest absolute Gasteiger partial charge is 0.272 e. The maximum Gasteiger partial charge on any atom is 0.272 e. The Kier molecular flexibility index (Phi) is 6.20. The highest BCUT2D eigenvalue weighted by Gasteiger charge is 2.12. The largest absolute Gasteiger partial charge is 0.472 e. The maximum atomic E-state index is 12.1. The molecule has 2 aromatic rings. The van der Waals surface area contributed by atoms with E-state index in [0.29, 0.717) is 5.56 Å². The highest BCUT2D eigenvalue weighted by molar-refractivity contribution is 5.94. The molecular weight excluding hydrogens is 318 g/mol. The van der Waals surface area contributed by atoms with Gasteiger partial charge in [0, 0.05) is 24.4 Å². The average molecular weight is 336 g/mol. The predicted octanol–water partition coefficient (Wildman–Crippen LogP) is 2.50. The number of aliphatic hydroxyl groups excluding tert-OH is 1. The molecule has 0 aliphatic carbocycles. The second-order valence-corrected chi connectivity index (χ2v) is 5.22. The SMILES string of the molecule is Cc1cccc(C(O)CNC(=O)c2ccnc(OCC(F)F)c2)c1. The van der Waals surface area contributed by atoms with Gasteiger partial charge < -0.3 is 15.2 Å². The van der Waals surface area contributed by atoms with Crippen LogP contribution in [0.5, 0.6) is 5.88 Å². The number of rotatable bonds is 7. The minimum absolute atomic E-state index is 0.0256. The number of carbonyl (C=O) groups is 1. The molecule has 0 fully saturated rings. The van der Waals surface area contributed by atoms with Crippen LogP contribution in [0.3, 0.4) is 0 Å². The summed E-state index contributed by atoms with van der Waals surface area (Å²) in [6.07, 6.45) is -2.16. The molecule has 0 radical (unpaired) electrons. The van der Waals surface area contributed by atoms with E-state index in [0.717, 1.165) is 5.56 Å². The number of halogens is 2. The van der Waals surface area contributed by atoms with E-state index in [-0.39, 0.29) is 18.0 Å². The van der Waals surface area contributed by atoms with Gasteiger partial charge in [0.25, 0.3) is 12.3 Å². The second-order valence-electron chi connectivity index (χ2n) is 5.22. The summed E-state index contributed by atoms with van der Waals surface area (Å²) >= 11 is 0. The van der Waals surface area contributed by atoms with E-state index in [1.54, 1.807) is 6.07 Å². The molecule has 0 bridgehead atoms. The zero-order chi connectivity index (χ0) is 17.5. The second kappa shape index (κ2) is 8.35. The summed E-state index contributed by atoms with van der Waals surface area (Å²) < 4.78 is 29.0. The van der Waals surface area contributed by atoms with Crippen LogP contribution in [0.1, 0.15) is 27.6 Å². The molecule has 128 valence electrons. The third kappa shape index (κ3) is 5.27. The summed E-state index contributed by atoms with van der Waals surface area (Å²) in [5.41, 5.74) is 1.92. The number of aromatic nitrogens is 1. The molecule has 0 spiro atoms. The van der Waals surface area contributed by atoms with E-state index in [4.69, 9.17) is 4.74 Å². The van der Waals surface area contributed by atoms with Gasteiger partial charge in [-0.05, 0) is 18.6 Å². The first-order valence-corrected chi connectivity index (χ1v) is 7.35. The van der Waals surface area contributed by atoms with Crippen molar-refractivity contribution in [3.63, 3.8) is 0 Å². The van der Waals surface area contributed by atoms with Crippen LogP contribution in [0.15, 0.2) is 42.6 Å². The van der Waals surface area contributed by atoms with Crippen LogP contribution in [-0.4, -0.2) is 35.6 Å². The third-order valence-electron chi connectivity index (χ3n) is 3.24. The molecule has 2 rings (SSSR count). The van der Waals surface area contributed by atoms with E-state index in [9.17, 15) is 18.7 Å². The van der Waals surface area contributed by atoms with Gasteiger partial charge in [-0.15, -0.1) is 0 Å². The lowest BCUT2D eigenvalue weighted by atomic mass is 10.1. The Hall–Kier alpha value is -2.54. The van der Waals surface area contributed by atoms with Crippen LogP contribution in [0.25, 0.3) is 0 Å². The number of nitrogens with one attached hydrogen (secondary N) is 1. The Balaban J connectivity index is 1.93. The average Bonchev–Trinajstić information content (AvgIpc) is 2.57. The van der Waals surface area contributed by atoms with Crippen LogP contribution in [-0.2, 0) is 0 Å². The van der Waals surface area contributed by atoms with Gasteiger partial charge in [0.1, 0.15) is 0 Å². The summed E-state index contributed by atoms with van der Waals surface area (Å²) in [5, 5.41) is 12.7. The van der Waals surface area contributed by atoms with Crippen molar-refractivity contribution in [3.05, 3.63) is 59.3 Å². The predicted molar refractivity (Wildman–Crippen MR) is 84.2 cm³/mol. The first-order valence-electron chi connectivity index (χ1n) is 7.35. The molecule has 24 heavy (non-hydrogen) atoms. The summed E-state index contributed by atoms with van der Waals surface area (Å²) in [7, 11) is 0. The van der Waals surface area contributed by atoms with Crippen LogP contribution in [0, 0.1) is 6.92 Å². The Morgan fingerprint density at radius 2 is 2.12 bits per heavy atom. The van der Waals surface area contributed by atoms with Crippen molar-refractivity contribution in [2.75, 3.05) is 13.2 Å². The van der Waals surface area contributed by atoms with E-state index < -0.39 is 25.0 Å². The number of aryl methyl sites for hydroxylation is 1. The van der Waals surface area contributed by atoms with Crippen LogP contribution in [0.4, 0.5) is 8.78 Å². The first kappa shape index (κ1) is 17.8. The molecule has 0 aliphatic heterocycles. The molecule has 1 heterocycles. The van der Waals surface area contributed by atoms with Gasteiger partial charge in [-0.3, -0.25) is 4.79 Å². The van der Waals surface area contributed by atoms with E-state index in [1.807, 2.05) is 25.1 Å². The van der Waals surface area contributed by atoms with E-state index >= 15 is 0 Å². The fraction of sp³-hybridized carbons (Fsp3) is 0.294. The number of nitrogens with zero attached hydrogens (tertiary/aromatic N) is 1. The van der Waals surface area contributed by atoms with Gasteiger partial charge >= 0.3 is 0 Å². The summed E-state index contributed by atoms with van der Waals surface area (Å²) in [5.74, 6) is -0.506. The molecule has 7 heteroatoms. The molecule has 0 saturated heterocycles. The molecule has 1 atom stereocenters. The van der Waals surface area contributed by atoms with Crippen molar-refractivity contribution in [2.45, 2.75) is 19.5 Å². The van der Waals surface area contributed by atoms with E-state index in [2.05, 4.69) is 10.3 Å². The Morgan fingerprint density at radius 1 is 1.33 bits per heavy atom. The molecule has 1 amide bonds. The number of carbonyl (C=O) groups excluding carboxylic acids is 1. The Morgan fingerprint density at radius 3 is 2.83 bits per heavy atom. The Bertz CT molecular complexity index is 695. The lowest BCUT2D eigenvalue weighted by Gasteiger charge is -2.13. The quantitative estimate of drug-likeness (QED) is 0.815. The zero-order valence-electron chi connectivity index (χ0n) is 13.1. The number of ether oxygens (including phenoxy) is 1. The Labute approximate surface area is 138 Å². The summed E-state index contributed by atoms with van der Waals surface area (Å²) in [4.78, 5) is 15.8. The fourth-order valence-electron chi connectivity index (χ4n) is 2.06. The highest BCUT2D eigenvalue weighted by atomic mass is 19.3. The minimum Gasteiger partial charge on any atom is -0.472 e. The van der Waals surface area contributed by atoms with Gasteiger partial charge in [-0.2, -0.15) is 0 Å². The fourth-order valence-corrected chi connectivity index (χ4v) is 2.06. The number of pyridine rings is 1. The van der Waals surface area contributed by atoms with Gasteiger partial charge in [0.2, 0.25) is 5.88 Å². The van der Waals surface area contributed by atoms with Gasteiger partial charge in [-0.1, -0.05) is 29.8 Å². The van der Waals surface area contributed by atoms with Crippen LogP contribution >= 0.6 is 0 Å². The van der Waals surface area contributed by atoms with Crippen LogP contribution in [0.2, 0.25) is 0 Å². The highest BCUT2D eigenvalue weighted by Crippen LogP contribution is 2.14. The normalized spacial score (nSPS) is 12.0. The minimum atomic E-state index is -2.62. The molecule has 1 unspecified atom stereocenters. The van der Waals surface area contributed by atoms with Crippen molar-refractivity contribution in [1.29, 1.82) is 0 Å². The number of aliphatic hydroxyl groups is 1. The number of hydrogen-bond acceptors (Lipinski definition) is 4. The standard InChI is InChI=1S/C17H18F2N2O3/c1-11-3-2-4-12(7-11)14(22)9-21-17(23)13-5-6-20-16(8-13)24-10-15(18)19/h2-8,14-15,22H,9-10H2,1H3,(H,21,23). The van der Waals surface area contributed by atoms with Crippen molar-refractivity contribution in [2.24, 2.45) is 0 Å². The van der Waals surface area contributed by atoms with Crippen molar-refractivity contribution in [1.82, 2.24) is 10.3 Å². The number of benzene rings is 1. The van der Waals surface area contributed by atoms with Crippen molar-refractivity contribution >= 4 is 5.91 Å². The molecular formula is C17H18F2N2O3. The number of alkyl halides is 2. The number of amides is 1.